The molecule has 2 nitrogen and oxygen atoms in total. The normalized spacial score (nSPS) is 38.1. The second-order valence-electron chi connectivity index (χ2n) is 4.41. The van der Waals surface area contributed by atoms with E-state index in [1.807, 2.05) is 6.92 Å². The maximum Gasteiger partial charge on any atom is 0.145 e. The van der Waals surface area contributed by atoms with Crippen LogP contribution in [-0.2, 0) is 4.79 Å². The van der Waals surface area contributed by atoms with Crippen LogP contribution in [0.2, 0.25) is 0 Å². The summed E-state index contributed by atoms with van der Waals surface area (Å²) < 4.78 is 0. The number of carbonyl (C=O) groups excluding carboxylic acids is 1. The number of allylic oxidation sites excluding steroid dienone is 1. The Morgan fingerprint density at radius 2 is 2.29 bits per heavy atom. The molecule has 1 aliphatic carbocycles. The van der Waals surface area contributed by atoms with Gasteiger partial charge in [0, 0.05) is 6.42 Å². The van der Waals surface area contributed by atoms with E-state index in [0.29, 0.717) is 12.8 Å². The molecule has 1 N–H and O–H groups in total. The molecule has 0 amide bonds. The minimum atomic E-state index is -0.758. The lowest BCUT2D eigenvalue weighted by Gasteiger charge is -2.38. The van der Waals surface area contributed by atoms with Gasteiger partial charge in [-0.1, -0.05) is 18.2 Å². The summed E-state index contributed by atoms with van der Waals surface area (Å²) in [5, 5.41) is 9.88. The highest BCUT2D eigenvalue weighted by molar-refractivity contribution is 5.88. The molecule has 0 aromatic rings. The zero-order valence-corrected chi connectivity index (χ0v) is 8.92. The summed E-state index contributed by atoms with van der Waals surface area (Å²) in [5.74, 6) is 0.199. The molecule has 0 aromatic carbocycles. The van der Waals surface area contributed by atoms with Crippen molar-refractivity contribution in [1.82, 2.24) is 0 Å². The van der Waals surface area contributed by atoms with Gasteiger partial charge in [-0.25, -0.2) is 0 Å². The zero-order chi connectivity index (χ0) is 10.9. The highest BCUT2D eigenvalue weighted by Crippen LogP contribution is 2.39. The van der Waals surface area contributed by atoms with Gasteiger partial charge in [-0.05, 0) is 26.2 Å². The van der Waals surface area contributed by atoms with Crippen molar-refractivity contribution in [2.45, 2.75) is 32.8 Å². The van der Waals surface area contributed by atoms with Gasteiger partial charge >= 0.3 is 0 Å². The fourth-order valence-corrected chi connectivity index (χ4v) is 1.85. The maximum atomic E-state index is 11.8. The summed E-state index contributed by atoms with van der Waals surface area (Å²) >= 11 is 0. The fraction of sp³-hybridized carbons (Fsp3) is 0.583. The van der Waals surface area contributed by atoms with E-state index in [-0.39, 0.29) is 11.7 Å². The molecule has 1 rings (SSSR count). The van der Waals surface area contributed by atoms with Crippen molar-refractivity contribution in [3.63, 3.8) is 0 Å². The molecule has 0 radical (unpaired) electrons. The predicted octanol–water partition coefficient (Wildman–Crippen LogP) is 2.09. The average Bonchev–Trinajstić information content (AvgIpc) is 2.13. The molecule has 78 valence electrons. The van der Waals surface area contributed by atoms with Crippen LogP contribution in [0.1, 0.15) is 26.7 Å². The Kier molecular flexibility index (Phi) is 2.95. The first-order chi connectivity index (χ1) is 6.41. The summed E-state index contributed by atoms with van der Waals surface area (Å²) in [6.45, 7) is 11.1. The van der Waals surface area contributed by atoms with E-state index >= 15 is 0 Å². The first-order valence-electron chi connectivity index (χ1n) is 4.92. The molecule has 2 heteroatoms. The molecule has 3 atom stereocenters. The van der Waals surface area contributed by atoms with Crippen molar-refractivity contribution in [2.75, 3.05) is 0 Å². The van der Waals surface area contributed by atoms with Crippen molar-refractivity contribution < 1.29 is 9.90 Å². The Bertz CT molecular complexity index is 280. The van der Waals surface area contributed by atoms with Gasteiger partial charge in [-0.3, -0.25) is 4.79 Å². The van der Waals surface area contributed by atoms with Gasteiger partial charge in [0.2, 0.25) is 0 Å². The van der Waals surface area contributed by atoms with Gasteiger partial charge in [-0.15, -0.1) is 6.58 Å². The molecule has 0 aliphatic heterocycles. The Balaban J connectivity index is 2.88. The molecule has 0 saturated heterocycles. The van der Waals surface area contributed by atoms with Crippen LogP contribution < -0.4 is 0 Å². The van der Waals surface area contributed by atoms with Crippen LogP contribution in [0.25, 0.3) is 0 Å². The van der Waals surface area contributed by atoms with Gasteiger partial charge in [0.05, 0.1) is 11.5 Å². The number of hydrogen-bond acceptors (Lipinski definition) is 2. The molecule has 14 heavy (non-hydrogen) atoms. The Morgan fingerprint density at radius 3 is 2.64 bits per heavy atom. The Labute approximate surface area is 85.3 Å². The fourth-order valence-electron chi connectivity index (χ4n) is 1.85. The average molecular weight is 194 g/mol. The highest BCUT2D eigenvalue weighted by atomic mass is 16.3. The van der Waals surface area contributed by atoms with Crippen molar-refractivity contribution in [3.8, 4) is 0 Å². The zero-order valence-electron chi connectivity index (χ0n) is 8.92. The van der Waals surface area contributed by atoms with E-state index in [0.717, 1.165) is 5.57 Å². The molecule has 0 spiro atoms. The molecule has 0 aromatic heterocycles. The minimum Gasteiger partial charge on any atom is -0.392 e. The second kappa shape index (κ2) is 3.70. The van der Waals surface area contributed by atoms with Gasteiger partial charge < -0.3 is 5.11 Å². The molecule has 0 heterocycles. The number of rotatable bonds is 2. The lowest BCUT2D eigenvalue weighted by molar-refractivity contribution is -0.136. The van der Waals surface area contributed by atoms with Crippen LogP contribution in [0.3, 0.4) is 0 Å². The maximum absolute atomic E-state index is 11.8. The molecule has 1 saturated carbocycles. The first-order valence-corrected chi connectivity index (χ1v) is 4.92. The van der Waals surface area contributed by atoms with Crippen LogP contribution in [0, 0.1) is 11.3 Å². The molecular weight excluding hydrogens is 176 g/mol. The Morgan fingerprint density at radius 1 is 1.71 bits per heavy atom. The quantitative estimate of drug-likeness (QED) is 0.683. The monoisotopic (exact) mass is 194 g/mol. The van der Waals surface area contributed by atoms with Crippen LogP contribution in [0.15, 0.2) is 24.8 Å². The molecule has 0 bridgehead atoms. The first kappa shape index (κ1) is 11.2. The summed E-state index contributed by atoms with van der Waals surface area (Å²) in [6.07, 6.45) is 2.04. The number of Topliss-reactive ketones (excluding diaryl/α,β-unsaturated/α-hetero) is 1. The van der Waals surface area contributed by atoms with E-state index in [1.165, 1.54) is 0 Å². The predicted molar refractivity (Wildman–Crippen MR) is 56.9 cm³/mol. The highest BCUT2D eigenvalue weighted by Gasteiger charge is 2.43. The number of aliphatic hydroxyl groups is 1. The second-order valence-corrected chi connectivity index (χ2v) is 4.41. The third-order valence-electron chi connectivity index (χ3n) is 3.35. The summed E-state index contributed by atoms with van der Waals surface area (Å²) in [5.41, 5.74) is 0.217. The smallest absolute Gasteiger partial charge is 0.145 e. The lowest BCUT2D eigenvalue weighted by atomic mass is 9.67. The number of aliphatic hydroxyl groups excluding tert-OH is 1. The summed E-state index contributed by atoms with van der Waals surface area (Å²) in [7, 11) is 0. The van der Waals surface area contributed by atoms with Crippen LogP contribution in [0.5, 0.6) is 0 Å². The Hall–Kier alpha value is -0.890. The van der Waals surface area contributed by atoms with Crippen molar-refractivity contribution >= 4 is 5.78 Å². The summed E-state index contributed by atoms with van der Waals surface area (Å²) in [6, 6.07) is 0. The van der Waals surface area contributed by atoms with E-state index in [4.69, 9.17) is 0 Å². The van der Waals surface area contributed by atoms with Crippen LogP contribution >= 0.6 is 0 Å². The van der Waals surface area contributed by atoms with Crippen LogP contribution in [0.4, 0.5) is 0 Å². The van der Waals surface area contributed by atoms with Gasteiger partial charge in [0.1, 0.15) is 5.78 Å². The molecule has 0 unspecified atom stereocenters. The number of carbonyl (C=O) groups is 1. The standard InChI is InChI=1S/C12H18O2/c1-5-12(4)10(13)6-9(8(2)3)7-11(12)14/h5,9-10,13H,1-2,6-7H2,3-4H3/t9-,10-,12+/m1/s1. The minimum absolute atomic E-state index is 0.0688. The lowest BCUT2D eigenvalue weighted by Crippen LogP contribution is -2.44. The SMILES string of the molecule is C=C[C@]1(C)C(=O)C[C@H](C(=C)C)C[C@H]1O. The van der Waals surface area contributed by atoms with Crippen molar-refractivity contribution in [3.05, 3.63) is 24.8 Å². The van der Waals surface area contributed by atoms with Gasteiger partial charge in [0.25, 0.3) is 0 Å². The van der Waals surface area contributed by atoms with E-state index < -0.39 is 11.5 Å². The van der Waals surface area contributed by atoms with Crippen LogP contribution in [-0.4, -0.2) is 17.0 Å². The topological polar surface area (TPSA) is 37.3 Å². The summed E-state index contributed by atoms with van der Waals surface area (Å²) in [4.78, 5) is 11.8. The van der Waals surface area contributed by atoms with Crippen molar-refractivity contribution in [2.24, 2.45) is 11.3 Å². The largest absolute Gasteiger partial charge is 0.392 e. The van der Waals surface area contributed by atoms with E-state index in [1.54, 1.807) is 13.0 Å². The molecule has 1 fully saturated rings. The van der Waals surface area contributed by atoms with E-state index in [2.05, 4.69) is 13.2 Å². The van der Waals surface area contributed by atoms with Crippen molar-refractivity contribution in [1.29, 1.82) is 0 Å². The van der Waals surface area contributed by atoms with Gasteiger partial charge in [0.15, 0.2) is 0 Å². The number of ketones is 1. The van der Waals surface area contributed by atoms with E-state index in [9.17, 15) is 9.90 Å². The number of hydrogen-bond donors (Lipinski definition) is 1. The van der Waals surface area contributed by atoms with Gasteiger partial charge in [-0.2, -0.15) is 0 Å². The molecular formula is C12H18O2. The molecule has 1 aliphatic rings. The third-order valence-corrected chi connectivity index (χ3v) is 3.35. The third kappa shape index (κ3) is 1.67.